The zero-order valence-corrected chi connectivity index (χ0v) is 36.8. The number of likely N-dealkylation sites (tertiary alicyclic amines) is 1. The van der Waals surface area contributed by atoms with E-state index < -0.39 is 23.1 Å². The van der Waals surface area contributed by atoms with Crippen molar-refractivity contribution in [2.75, 3.05) is 78.8 Å². The highest BCUT2D eigenvalue weighted by atomic mass is 32.2. The Morgan fingerprint density at radius 3 is 2.07 bits per heavy atom. The number of thioether (sulfide) groups is 2. The molecule has 0 bridgehead atoms. The first-order valence-electron chi connectivity index (χ1n) is 20.0. The molecule has 0 aliphatic carbocycles. The van der Waals surface area contributed by atoms with Crippen LogP contribution in [0.3, 0.4) is 0 Å². The van der Waals surface area contributed by atoms with Crippen molar-refractivity contribution in [3.05, 3.63) is 86.5 Å². The molecular formula is C43H54N4O12S2. The van der Waals surface area contributed by atoms with Crippen LogP contribution in [0, 0.1) is 10.1 Å². The molecule has 0 saturated carbocycles. The van der Waals surface area contributed by atoms with Crippen molar-refractivity contribution in [2.24, 2.45) is 0 Å². The molecular weight excluding hydrogens is 829 g/mol. The van der Waals surface area contributed by atoms with Gasteiger partial charge in [-0.25, -0.2) is 0 Å². The number of carbonyl (C=O) groups is 3. The fourth-order valence-corrected chi connectivity index (χ4v) is 10.2. The summed E-state index contributed by atoms with van der Waals surface area (Å²) >= 11 is 3.56. The molecule has 3 amide bonds. The first-order chi connectivity index (χ1) is 29.5. The third-order valence-corrected chi connectivity index (χ3v) is 13.1. The van der Waals surface area contributed by atoms with Crippen LogP contribution in [0.5, 0.6) is 28.7 Å². The van der Waals surface area contributed by atoms with Gasteiger partial charge in [0.1, 0.15) is 24.5 Å². The number of benzene rings is 3. The number of hydrogen-bond donors (Lipinski definition) is 2. The number of ether oxygens (including phenoxy) is 5. The lowest BCUT2D eigenvalue weighted by Crippen LogP contribution is -2.50. The van der Waals surface area contributed by atoms with Crippen LogP contribution in [0.15, 0.2) is 48.5 Å². The Morgan fingerprint density at radius 2 is 1.46 bits per heavy atom. The molecule has 0 radical (unpaired) electrons. The highest BCUT2D eigenvalue weighted by Gasteiger charge is 2.38. The third kappa shape index (κ3) is 11.4. The molecule has 2 saturated heterocycles. The smallest absolute Gasteiger partial charge is 0.285 e. The Balaban J connectivity index is 1.16. The third-order valence-electron chi connectivity index (χ3n) is 10.4. The predicted octanol–water partition coefficient (Wildman–Crippen LogP) is 5.50. The van der Waals surface area contributed by atoms with Crippen LogP contribution in [0.1, 0.15) is 64.1 Å². The summed E-state index contributed by atoms with van der Waals surface area (Å²) in [5, 5.41) is 32.2. The summed E-state index contributed by atoms with van der Waals surface area (Å²) in [7, 11) is 4.40. The lowest BCUT2D eigenvalue weighted by molar-refractivity contribution is -0.385. The molecule has 3 aromatic carbocycles. The van der Waals surface area contributed by atoms with Gasteiger partial charge in [0.25, 0.3) is 17.5 Å². The summed E-state index contributed by atoms with van der Waals surface area (Å²) < 4.78 is 28.1. The lowest BCUT2D eigenvalue weighted by Gasteiger charge is -2.34. The minimum Gasteiger partial charge on any atom is -0.493 e. The van der Waals surface area contributed by atoms with Crippen molar-refractivity contribution in [3.8, 4) is 28.7 Å². The van der Waals surface area contributed by atoms with Crippen LogP contribution < -0.4 is 23.7 Å². The number of rotatable bonds is 20. The van der Waals surface area contributed by atoms with E-state index in [-0.39, 0.29) is 59.1 Å². The van der Waals surface area contributed by atoms with Gasteiger partial charge in [-0.1, -0.05) is 19.9 Å². The number of hydrogen-bond acceptors (Lipinski definition) is 14. The molecule has 330 valence electrons. The maximum atomic E-state index is 13.8. The van der Waals surface area contributed by atoms with E-state index in [9.17, 15) is 34.7 Å². The monoisotopic (exact) mass is 882 g/mol. The van der Waals surface area contributed by atoms with Gasteiger partial charge in [-0.3, -0.25) is 24.5 Å². The number of nitro groups is 1. The van der Waals surface area contributed by atoms with E-state index in [1.807, 2.05) is 0 Å². The Morgan fingerprint density at radius 1 is 0.803 bits per heavy atom. The largest absolute Gasteiger partial charge is 0.493 e. The van der Waals surface area contributed by atoms with Crippen LogP contribution in [0.2, 0.25) is 0 Å². The molecule has 2 aliphatic heterocycles. The fourth-order valence-electron chi connectivity index (χ4n) is 7.36. The molecule has 2 N–H and O–H groups in total. The summed E-state index contributed by atoms with van der Waals surface area (Å²) in [5.41, 5.74) is 1.24. The van der Waals surface area contributed by atoms with Crippen LogP contribution in [0.4, 0.5) is 5.69 Å². The second-order valence-electron chi connectivity index (χ2n) is 14.0. The molecule has 18 heteroatoms. The van der Waals surface area contributed by atoms with Crippen LogP contribution >= 0.6 is 23.5 Å². The molecule has 5 rings (SSSR count). The minimum atomic E-state index is -0.600. The molecule has 2 fully saturated rings. The van der Waals surface area contributed by atoms with Crippen molar-refractivity contribution in [2.45, 2.75) is 50.5 Å². The SMILES string of the molecule is CCSC(SCC)[C@@H]1CCCN1C(=O)c1cc(CO)c(OCCOc2ccc(C=CC(=O)N3CCN(C(=O)c4cc(CO)c(OC)c(OC)c4)CC3)cc2OC)cc1[N+](=O)[O-]. The van der Waals surface area contributed by atoms with Gasteiger partial charge in [0.15, 0.2) is 23.0 Å². The highest BCUT2D eigenvalue weighted by Crippen LogP contribution is 2.38. The Kier molecular flexibility index (Phi) is 17.4. The van der Waals surface area contributed by atoms with E-state index >= 15 is 0 Å². The number of amides is 3. The summed E-state index contributed by atoms with van der Waals surface area (Å²) in [4.78, 5) is 56.9. The molecule has 16 nitrogen and oxygen atoms in total. The van der Waals surface area contributed by atoms with Gasteiger partial charge in [-0.2, -0.15) is 0 Å². The van der Waals surface area contributed by atoms with Gasteiger partial charge in [0.2, 0.25) is 5.91 Å². The minimum absolute atomic E-state index is 0.0213. The normalized spacial score (nSPS) is 15.3. The summed E-state index contributed by atoms with van der Waals surface area (Å²) in [6.45, 7) is 5.14. The molecule has 0 aromatic heterocycles. The van der Waals surface area contributed by atoms with Gasteiger partial charge >= 0.3 is 0 Å². The second kappa shape index (κ2) is 22.6. The van der Waals surface area contributed by atoms with Crippen molar-refractivity contribution < 1.29 is 53.2 Å². The first-order valence-corrected chi connectivity index (χ1v) is 22.1. The average Bonchev–Trinajstić information content (AvgIpc) is 3.78. The number of nitro benzene ring substituents is 1. The van der Waals surface area contributed by atoms with E-state index in [1.165, 1.54) is 39.5 Å². The van der Waals surface area contributed by atoms with E-state index in [2.05, 4.69) is 13.8 Å². The maximum Gasteiger partial charge on any atom is 0.285 e. The van der Waals surface area contributed by atoms with Crippen molar-refractivity contribution >= 4 is 53.0 Å². The van der Waals surface area contributed by atoms with Gasteiger partial charge in [0.05, 0.1) is 56.2 Å². The first kappa shape index (κ1) is 46.9. The van der Waals surface area contributed by atoms with E-state index in [0.29, 0.717) is 72.4 Å². The predicted molar refractivity (Wildman–Crippen MR) is 234 cm³/mol. The molecule has 3 aromatic rings. The van der Waals surface area contributed by atoms with Gasteiger partial charge in [0, 0.05) is 55.5 Å². The fraction of sp³-hybridized carbons (Fsp3) is 0.465. The number of aliphatic hydroxyl groups excluding tert-OH is 2. The number of carbonyl (C=O) groups excluding carboxylic acids is 3. The maximum absolute atomic E-state index is 13.8. The lowest BCUT2D eigenvalue weighted by atomic mass is 10.1. The number of methoxy groups -OCH3 is 3. The molecule has 2 aliphatic rings. The van der Waals surface area contributed by atoms with Crippen molar-refractivity contribution in [3.63, 3.8) is 0 Å². The van der Waals surface area contributed by atoms with Gasteiger partial charge in [-0.05, 0) is 66.3 Å². The molecule has 1 atom stereocenters. The number of piperazine rings is 1. The van der Waals surface area contributed by atoms with Crippen LogP contribution in [0.25, 0.3) is 6.08 Å². The highest BCUT2D eigenvalue weighted by molar-refractivity contribution is 8.17. The van der Waals surface area contributed by atoms with Gasteiger partial charge in [-0.15, -0.1) is 23.5 Å². The molecule has 2 heterocycles. The zero-order valence-electron chi connectivity index (χ0n) is 35.1. The van der Waals surface area contributed by atoms with Crippen molar-refractivity contribution in [1.82, 2.24) is 14.7 Å². The molecule has 0 unspecified atom stereocenters. The Hall–Kier alpha value is -5.17. The zero-order chi connectivity index (χ0) is 44.1. The number of aliphatic hydroxyl groups is 2. The second-order valence-corrected chi connectivity index (χ2v) is 17.1. The van der Waals surface area contributed by atoms with E-state index in [1.54, 1.807) is 74.6 Å². The number of nitrogens with zero attached hydrogens (tertiary/aromatic N) is 4. The molecule has 0 spiro atoms. The molecule has 61 heavy (non-hydrogen) atoms. The summed E-state index contributed by atoms with van der Waals surface area (Å²) in [6, 6.07) is 10.8. The quantitative estimate of drug-likeness (QED) is 0.0476. The summed E-state index contributed by atoms with van der Waals surface area (Å²) in [5.74, 6) is 2.47. The Bertz CT molecular complexity index is 2030. The standard InChI is InChI=1S/C43H54N4O12S2/c1-6-60-43(61-7-2)33-9-8-14-46(33)42(52)32-23-30(26-48)36(25-34(32)47(53)54)59-20-19-58-35-12-10-28(21-37(35)55-3)11-13-39(50)44-15-17-45(18-16-44)41(51)29-22-31(27-49)40(57-5)38(24-29)56-4/h10-13,21-25,33,43,48-49H,6-9,14-20,26-27H2,1-5H3/t33-/m0/s1. The van der Waals surface area contributed by atoms with E-state index in [0.717, 1.165) is 24.3 Å². The Labute approximate surface area is 364 Å². The van der Waals surface area contributed by atoms with Crippen molar-refractivity contribution in [1.29, 1.82) is 0 Å². The van der Waals surface area contributed by atoms with Gasteiger partial charge < -0.3 is 48.6 Å². The van der Waals surface area contributed by atoms with E-state index in [4.69, 9.17) is 23.7 Å². The van der Waals surface area contributed by atoms with Crippen LogP contribution in [-0.2, 0) is 18.0 Å². The summed E-state index contributed by atoms with van der Waals surface area (Å²) in [6.07, 6.45) is 4.75. The van der Waals surface area contributed by atoms with Crippen LogP contribution in [-0.4, -0.2) is 137 Å². The average molecular weight is 883 g/mol. The topological polar surface area (TPSA) is 191 Å².